The Labute approximate surface area is 118 Å². The van der Waals surface area contributed by atoms with Crippen molar-refractivity contribution in [3.05, 3.63) is 35.9 Å². The summed E-state index contributed by atoms with van der Waals surface area (Å²) in [4.78, 5) is 4.09. The van der Waals surface area contributed by atoms with Crippen molar-refractivity contribution >= 4 is 0 Å². The lowest BCUT2D eigenvalue weighted by Crippen LogP contribution is -2.22. The van der Waals surface area contributed by atoms with Gasteiger partial charge in [0.25, 0.3) is 0 Å². The van der Waals surface area contributed by atoms with Gasteiger partial charge in [0, 0.05) is 30.6 Å². The van der Waals surface area contributed by atoms with Crippen molar-refractivity contribution in [1.82, 2.24) is 20.5 Å². The molecule has 0 fully saturated rings. The van der Waals surface area contributed by atoms with Crippen LogP contribution in [0, 0.1) is 0 Å². The van der Waals surface area contributed by atoms with Gasteiger partial charge in [-0.2, -0.15) is 5.10 Å². The van der Waals surface area contributed by atoms with Gasteiger partial charge in [0.1, 0.15) is 23.7 Å². The van der Waals surface area contributed by atoms with Crippen molar-refractivity contribution in [2.45, 2.75) is 19.4 Å². The maximum absolute atomic E-state index is 5.41. The Morgan fingerprint density at radius 2 is 2.15 bits per heavy atom. The van der Waals surface area contributed by atoms with E-state index in [1.165, 1.54) is 6.33 Å². The van der Waals surface area contributed by atoms with Gasteiger partial charge >= 0.3 is 0 Å². The smallest absolute Gasteiger partial charge is 0.137 e. The van der Waals surface area contributed by atoms with E-state index in [-0.39, 0.29) is 6.04 Å². The van der Waals surface area contributed by atoms with Crippen molar-refractivity contribution in [1.29, 1.82) is 0 Å². The molecule has 1 heterocycles. The highest BCUT2D eigenvalue weighted by molar-refractivity contribution is 5.42. The third kappa shape index (κ3) is 3.48. The molecule has 0 amide bonds. The molecule has 6 heteroatoms. The third-order valence-corrected chi connectivity index (χ3v) is 3.18. The summed E-state index contributed by atoms with van der Waals surface area (Å²) < 4.78 is 10.6. The first-order valence-corrected chi connectivity index (χ1v) is 6.54. The number of hydrogen-bond acceptors (Lipinski definition) is 5. The number of benzene rings is 1. The quantitative estimate of drug-likeness (QED) is 0.805. The summed E-state index contributed by atoms with van der Waals surface area (Å²) in [7, 11) is 3.31. The first-order valence-electron chi connectivity index (χ1n) is 6.54. The Morgan fingerprint density at radius 3 is 2.80 bits per heavy atom. The van der Waals surface area contributed by atoms with Crippen molar-refractivity contribution in [3.63, 3.8) is 0 Å². The summed E-state index contributed by atoms with van der Waals surface area (Å²) in [6, 6.07) is 6.03. The summed E-state index contributed by atoms with van der Waals surface area (Å²) >= 11 is 0. The molecule has 20 heavy (non-hydrogen) atoms. The maximum atomic E-state index is 5.41. The first-order chi connectivity index (χ1) is 9.74. The van der Waals surface area contributed by atoms with Crippen LogP contribution in [-0.4, -0.2) is 35.9 Å². The van der Waals surface area contributed by atoms with Crippen LogP contribution in [0.1, 0.15) is 24.4 Å². The molecule has 2 aromatic rings. The molecule has 0 saturated heterocycles. The van der Waals surface area contributed by atoms with E-state index in [0.29, 0.717) is 0 Å². The zero-order chi connectivity index (χ0) is 14.4. The number of nitrogens with zero attached hydrogens (tertiary/aromatic N) is 2. The molecule has 108 valence electrons. The molecule has 0 aliphatic carbocycles. The predicted octanol–water partition coefficient (Wildman–Crippen LogP) is 1.72. The van der Waals surface area contributed by atoms with Gasteiger partial charge < -0.3 is 14.8 Å². The highest BCUT2D eigenvalue weighted by atomic mass is 16.5. The second-order valence-corrected chi connectivity index (χ2v) is 4.47. The van der Waals surface area contributed by atoms with E-state index in [0.717, 1.165) is 35.9 Å². The van der Waals surface area contributed by atoms with Gasteiger partial charge in [0.15, 0.2) is 0 Å². The van der Waals surface area contributed by atoms with Crippen molar-refractivity contribution < 1.29 is 9.47 Å². The lowest BCUT2D eigenvalue weighted by molar-refractivity contribution is 0.386. The second kappa shape index (κ2) is 6.91. The molecule has 0 aliphatic heterocycles. The number of hydrogen-bond donors (Lipinski definition) is 2. The largest absolute Gasteiger partial charge is 0.497 e. The Hall–Kier alpha value is -2.08. The second-order valence-electron chi connectivity index (χ2n) is 4.47. The molecule has 1 aromatic carbocycles. The molecule has 1 atom stereocenters. The summed E-state index contributed by atoms with van der Waals surface area (Å²) in [6.07, 6.45) is 2.33. The van der Waals surface area contributed by atoms with Crippen LogP contribution in [0.2, 0.25) is 0 Å². The van der Waals surface area contributed by atoms with Gasteiger partial charge in [-0.25, -0.2) is 4.98 Å². The van der Waals surface area contributed by atoms with Gasteiger partial charge in [0.05, 0.1) is 14.2 Å². The van der Waals surface area contributed by atoms with Crippen LogP contribution in [0.4, 0.5) is 0 Å². The molecule has 1 aromatic heterocycles. The Balaban J connectivity index is 1.95. The average Bonchev–Trinajstić information content (AvgIpc) is 2.99. The summed E-state index contributed by atoms with van der Waals surface area (Å²) in [5.74, 6) is 2.50. The van der Waals surface area contributed by atoms with E-state index in [2.05, 4.69) is 27.4 Å². The van der Waals surface area contributed by atoms with Gasteiger partial charge in [-0.15, -0.1) is 0 Å². The number of ether oxygens (including phenoxy) is 2. The molecule has 2 rings (SSSR count). The summed E-state index contributed by atoms with van der Waals surface area (Å²) in [6.45, 7) is 2.91. The number of aromatic nitrogens is 3. The minimum absolute atomic E-state index is 0.179. The summed E-state index contributed by atoms with van der Waals surface area (Å²) in [5.41, 5.74) is 1.10. The third-order valence-electron chi connectivity index (χ3n) is 3.18. The van der Waals surface area contributed by atoms with E-state index in [1.807, 2.05) is 18.2 Å². The molecule has 0 saturated carbocycles. The average molecular weight is 276 g/mol. The molecule has 6 nitrogen and oxygen atoms in total. The lowest BCUT2D eigenvalue weighted by atomic mass is 10.1. The topological polar surface area (TPSA) is 72.1 Å². The zero-order valence-corrected chi connectivity index (χ0v) is 12.0. The standard InChI is InChI=1S/C14H20N4O2/c1-10(15-7-6-14-16-9-17-18-14)12-5-4-11(19-2)8-13(12)20-3/h4-5,8-10,15H,6-7H2,1-3H3,(H,16,17,18). The van der Waals surface area contributed by atoms with E-state index in [4.69, 9.17) is 9.47 Å². The SMILES string of the molecule is COc1ccc(C(C)NCCc2ncn[nH]2)c(OC)c1. The fourth-order valence-corrected chi connectivity index (χ4v) is 2.04. The Bertz CT molecular complexity index is 528. The monoisotopic (exact) mass is 276 g/mol. The van der Waals surface area contributed by atoms with Crippen LogP contribution in [0.15, 0.2) is 24.5 Å². The van der Waals surface area contributed by atoms with Crippen LogP contribution in [0.25, 0.3) is 0 Å². The van der Waals surface area contributed by atoms with Crippen LogP contribution >= 0.6 is 0 Å². The molecule has 0 spiro atoms. The van der Waals surface area contributed by atoms with Crippen LogP contribution in [-0.2, 0) is 6.42 Å². The fraction of sp³-hybridized carbons (Fsp3) is 0.429. The minimum Gasteiger partial charge on any atom is -0.497 e. The van der Waals surface area contributed by atoms with Crippen LogP contribution in [0.3, 0.4) is 0 Å². The molecular weight excluding hydrogens is 256 g/mol. The highest BCUT2D eigenvalue weighted by Crippen LogP contribution is 2.29. The highest BCUT2D eigenvalue weighted by Gasteiger charge is 2.12. The summed E-state index contributed by atoms with van der Waals surface area (Å²) in [5, 5.41) is 10.1. The Kier molecular flexibility index (Phi) is 4.95. The van der Waals surface area contributed by atoms with Crippen LogP contribution < -0.4 is 14.8 Å². The molecule has 0 aliphatic rings. The molecular formula is C14H20N4O2. The first kappa shape index (κ1) is 14.3. The number of rotatable bonds is 7. The van der Waals surface area contributed by atoms with E-state index >= 15 is 0 Å². The van der Waals surface area contributed by atoms with E-state index in [1.54, 1.807) is 14.2 Å². The molecule has 1 unspecified atom stereocenters. The van der Waals surface area contributed by atoms with Crippen molar-refractivity contribution in [2.24, 2.45) is 0 Å². The number of nitrogens with one attached hydrogen (secondary N) is 2. The van der Waals surface area contributed by atoms with Gasteiger partial charge in [-0.3, -0.25) is 5.10 Å². The van der Waals surface area contributed by atoms with Gasteiger partial charge in [-0.1, -0.05) is 6.07 Å². The maximum Gasteiger partial charge on any atom is 0.137 e. The lowest BCUT2D eigenvalue weighted by Gasteiger charge is -2.17. The van der Waals surface area contributed by atoms with E-state index < -0.39 is 0 Å². The molecule has 0 radical (unpaired) electrons. The minimum atomic E-state index is 0.179. The normalized spacial score (nSPS) is 12.2. The Morgan fingerprint density at radius 1 is 1.30 bits per heavy atom. The molecule has 2 N–H and O–H groups in total. The van der Waals surface area contributed by atoms with Crippen molar-refractivity contribution in [2.75, 3.05) is 20.8 Å². The van der Waals surface area contributed by atoms with Crippen LogP contribution in [0.5, 0.6) is 11.5 Å². The molecule has 0 bridgehead atoms. The number of aromatic amines is 1. The zero-order valence-electron chi connectivity index (χ0n) is 12.0. The predicted molar refractivity (Wildman–Crippen MR) is 76.1 cm³/mol. The van der Waals surface area contributed by atoms with Gasteiger partial charge in [-0.05, 0) is 13.0 Å². The number of H-pyrrole nitrogens is 1. The van der Waals surface area contributed by atoms with Gasteiger partial charge in [0.2, 0.25) is 0 Å². The number of methoxy groups -OCH3 is 2. The fourth-order valence-electron chi connectivity index (χ4n) is 2.04. The van der Waals surface area contributed by atoms with E-state index in [9.17, 15) is 0 Å². The van der Waals surface area contributed by atoms with Crippen molar-refractivity contribution in [3.8, 4) is 11.5 Å².